The van der Waals surface area contributed by atoms with Crippen LogP contribution in [0.5, 0.6) is 0 Å². The maximum atomic E-state index is 12.4. The van der Waals surface area contributed by atoms with Crippen molar-refractivity contribution in [3.63, 3.8) is 0 Å². The van der Waals surface area contributed by atoms with Gasteiger partial charge in [0.05, 0.1) is 12.0 Å². The summed E-state index contributed by atoms with van der Waals surface area (Å²) < 4.78 is 37.1. The minimum Gasteiger partial charge on any atom is -0.306 e. The lowest BCUT2D eigenvalue weighted by Gasteiger charge is -2.29. The predicted molar refractivity (Wildman–Crippen MR) is 52.0 cm³/mol. The maximum absolute atomic E-state index is 12.4. The van der Waals surface area contributed by atoms with Gasteiger partial charge in [-0.25, -0.2) is 0 Å². The highest BCUT2D eigenvalue weighted by atomic mass is 35.5. The van der Waals surface area contributed by atoms with Crippen LogP contribution >= 0.6 is 11.6 Å². The molecule has 1 aliphatic heterocycles. The summed E-state index contributed by atoms with van der Waals surface area (Å²) in [4.78, 5) is 14.9. The molecule has 1 aliphatic carbocycles. The van der Waals surface area contributed by atoms with Crippen molar-refractivity contribution >= 4 is 23.3 Å². The van der Waals surface area contributed by atoms with Crippen LogP contribution in [0.1, 0.15) is 0 Å². The second-order valence-electron chi connectivity index (χ2n) is 3.37. The number of halogens is 4. The fourth-order valence-corrected chi connectivity index (χ4v) is 1.86. The third-order valence-electron chi connectivity index (χ3n) is 2.27. The Morgan fingerprint density at radius 1 is 1.44 bits per heavy atom. The highest BCUT2D eigenvalue weighted by molar-refractivity contribution is 6.32. The van der Waals surface area contributed by atoms with E-state index < -0.39 is 29.9 Å². The van der Waals surface area contributed by atoms with E-state index in [1.54, 1.807) is 5.32 Å². The number of rotatable bonds is 0. The van der Waals surface area contributed by atoms with Gasteiger partial charge in [-0.2, -0.15) is 13.2 Å². The molecule has 0 saturated carbocycles. The number of hydrogen-bond acceptors (Lipinski definition) is 2. The number of hydrogen-bond donors (Lipinski definition) is 1. The normalized spacial score (nSPS) is 29.1. The summed E-state index contributed by atoms with van der Waals surface area (Å²) >= 11 is 5.75. The van der Waals surface area contributed by atoms with Gasteiger partial charge in [0, 0.05) is 5.03 Å². The van der Waals surface area contributed by atoms with Crippen LogP contribution < -0.4 is 5.32 Å². The summed E-state index contributed by atoms with van der Waals surface area (Å²) in [6.45, 7) is 0. The lowest BCUT2D eigenvalue weighted by molar-refractivity contribution is -0.124. The van der Waals surface area contributed by atoms with Crippen molar-refractivity contribution in [3.05, 3.63) is 23.3 Å². The van der Waals surface area contributed by atoms with Crippen molar-refractivity contribution in [3.8, 4) is 0 Å². The average Bonchev–Trinajstić information content (AvgIpc) is 2.15. The fraction of sp³-hybridized carbons (Fsp3) is 0.333. The van der Waals surface area contributed by atoms with Gasteiger partial charge in [0.1, 0.15) is 0 Å². The lowest BCUT2D eigenvalue weighted by Crippen LogP contribution is -2.51. The number of nitrogens with zero attached hydrogens (tertiary/aromatic N) is 1. The first-order valence-electron chi connectivity index (χ1n) is 4.39. The molecule has 0 aromatic rings. The smallest absolute Gasteiger partial charge is 0.306 e. The summed E-state index contributed by atoms with van der Waals surface area (Å²) in [7, 11) is 0. The summed E-state index contributed by atoms with van der Waals surface area (Å²) in [5.74, 6) is -2.90. The van der Waals surface area contributed by atoms with Crippen LogP contribution in [0, 0.1) is 5.92 Å². The van der Waals surface area contributed by atoms with Crippen LogP contribution in [0.4, 0.5) is 13.2 Å². The zero-order chi connectivity index (χ0) is 11.9. The quantitative estimate of drug-likeness (QED) is 0.699. The Morgan fingerprint density at radius 3 is 2.75 bits per heavy atom. The Labute approximate surface area is 93.7 Å². The van der Waals surface area contributed by atoms with Crippen LogP contribution in [0.25, 0.3) is 0 Å². The van der Waals surface area contributed by atoms with E-state index in [4.69, 9.17) is 11.6 Å². The summed E-state index contributed by atoms with van der Waals surface area (Å²) in [5.41, 5.74) is 0. The molecule has 1 amide bonds. The highest BCUT2D eigenvalue weighted by Gasteiger charge is 2.44. The first kappa shape index (κ1) is 11.2. The minimum atomic E-state index is -4.65. The second kappa shape index (κ2) is 3.62. The molecule has 2 unspecified atom stereocenters. The van der Waals surface area contributed by atoms with Crippen molar-refractivity contribution in [2.75, 3.05) is 0 Å². The van der Waals surface area contributed by atoms with Crippen LogP contribution in [0.2, 0.25) is 0 Å². The van der Waals surface area contributed by atoms with Gasteiger partial charge in [-0.3, -0.25) is 9.79 Å². The molecule has 0 aromatic heterocycles. The molecule has 0 saturated heterocycles. The Morgan fingerprint density at radius 2 is 2.12 bits per heavy atom. The van der Waals surface area contributed by atoms with Gasteiger partial charge < -0.3 is 5.32 Å². The Kier molecular flexibility index (Phi) is 2.53. The molecule has 2 aliphatic rings. The topological polar surface area (TPSA) is 41.5 Å². The number of carbonyl (C=O) groups excluding carboxylic acids is 1. The molecule has 1 N–H and O–H groups in total. The second-order valence-corrected chi connectivity index (χ2v) is 3.81. The average molecular weight is 251 g/mol. The molecule has 0 fully saturated rings. The molecule has 7 heteroatoms. The monoisotopic (exact) mass is 250 g/mol. The van der Waals surface area contributed by atoms with Crippen molar-refractivity contribution in [2.45, 2.75) is 12.2 Å². The molecular formula is C9H6ClF3N2O. The van der Waals surface area contributed by atoms with Crippen LogP contribution in [-0.2, 0) is 4.79 Å². The number of allylic oxidation sites excluding steroid dienone is 2. The molecule has 0 aromatic carbocycles. The van der Waals surface area contributed by atoms with Crippen molar-refractivity contribution in [1.29, 1.82) is 0 Å². The maximum Gasteiger partial charge on any atom is 0.449 e. The Balaban J connectivity index is 2.37. The van der Waals surface area contributed by atoms with E-state index in [9.17, 15) is 18.0 Å². The number of alkyl halides is 3. The van der Waals surface area contributed by atoms with Gasteiger partial charge in [-0.1, -0.05) is 23.8 Å². The lowest BCUT2D eigenvalue weighted by atomic mass is 9.93. The largest absolute Gasteiger partial charge is 0.449 e. The first-order chi connectivity index (χ1) is 7.39. The first-order valence-corrected chi connectivity index (χ1v) is 4.77. The van der Waals surface area contributed by atoms with Gasteiger partial charge in [0.25, 0.3) is 0 Å². The highest BCUT2D eigenvalue weighted by Crippen LogP contribution is 2.31. The number of amides is 1. The van der Waals surface area contributed by atoms with Gasteiger partial charge in [-0.05, 0) is 6.08 Å². The molecule has 0 spiro atoms. The number of fused-ring (bicyclic) bond motifs is 1. The molecule has 3 nitrogen and oxygen atoms in total. The molecular weight excluding hydrogens is 245 g/mol. The van der Waals surface area contributed by atoms with Crippen molar-refractivity contribution in [1.82, 2.24) is 5.32 Å². The number of amidine groups is 1. The summed E-state index contributed by atoms with van der Waals surface area (Å²) in [6, 6.07) is -0.872. The molecule has 16 heavy (non-hydrogen) atoms. The summed E-state index contributed by atoms with van der Waals surface area (Å²) in [5, 5.41) is 1.90. The summed E-state index contributed by atoms with van der Waals surface area (Å²) in [6.07, 6.45) is -0.279. The van der Waals surface area contributed by atoms with E-state index in [1.807, 2.05) is 0 Å². The van der Waals surface area contributed by atoms with E-state index in [0.717, 1.165) is 0 Å². The molecule has 0 bridgehead atoms. The molecule has 86 valence electrons. The number of aliphatic imine (C=N–C) groups is 1. The fourth-order valence-electron chi connectivity index (χ4n) is 1.56. The third kappa shape index (κ3) is 1.84. The zero-order valence-corrected chi connectivity index (χ0v) is 8.51. The van der Waals surface area contributed by atoms with Crippen molar-refractivity contribution < 1.29 is 18.0 Å². The minimum absolute atomic E-state index is 0.190. The van der Waals surface area contributed by atoms with E-state index in [-0.39, 0.29) is 5.03 Å². The number of carbonyl (C=O) groups is 1. The van der Waals surface area contributed by atoms with Crippen molar-refractivity contribution in [2.24, 2.45) is 10.9 Å². The number of nitrogens with one attached hydrogen (secondary N) is 1. The molecule has 1 heterocycles. The molecule has 2 atom stereocenters. The van der Waals surface area contributed by atoms with Gasteiger partial charge in [-0.15, -0.1) is 0 Å². The van der Waals surface area contributed by atoms with Crippen LogP contribution in [0.3, 0.4) is 0 Å². The molecule has 2 rings (SSSR count). The molecule has 0 radical (unpaired) electrons. The van der Waals surface area contributed by atoms with Gasteiger partial charge >= 0.3 is 6.18 Å². The van der Waals surface area contributed by atoms with Gasteiger partial charge in [0.2, 0.25) is 11.7 Å². The van der Waals surface area contributed by atoms with E-state index in [0.29, 0.717) is 0 Å². The SMILES string of the molecule is O=C1NC(C(F)(F)F)=NC2C=CC=C(Cl)C12. The van der Waals surface area contributed by atoms with E-state index in [1.165, 1.54) is 18.2 Å². The Hall–Kier alpha value is -1.30. The predicted octanol–water partition coefficient (Wildman–Crippen LogP) is 1.75. The van der Waals surface area contributed by atoms with Crippen LogP contribution in [0.15, 0.2) is 28.3 Å². The van der Waals surface area contributed by atoms with E-state index in [2.05, 4.69) is 4.99 Å². The van der Waals surface area contributed by atoms with Gasteiger partial charge in [0.15, 0.2) is 0 Å². The zero-order valence-electron chi connectivity index (χ0n) is 7.75. The van der Waals surface area contributed by atoms with Crippen LogP contribution in [-0.4, -0.2) is 24.0 Å². The standard InChI is InChI=1S/C9H6ClF3N2O/c10-4-2-1-3-5-6(4)7(16)15-8(14-5)9(11,12)13/h1-3,5-6H,(H,14,15,16). The Bertz CT molecular complexity index is 425. The third-order valence-corrected chi connectivity index (χ3v) is 2.63. The van der Waals surface area contributed by atoms with E-state index >= 15 is 0 Å².